The van der Waals surface area contributed by atoms with Crippen molar-refractivity contribution >= 4 is 5.97 Å². The number of hydrogen-bond donors (Lipinski definition) is 2. The molecule has 1 unspecified atom stereocenters. The molecule has 2 N–H and O–H groups in total. The number of aliphatic carboxylic acids is 1. The van der Waals surface area contributed by atoms with Gasteiger partial charge < -0.3 is 10.2 Å². The molecule has 1 aromatic rings. The highest BCUT2D eigenvalue weighted by atomic mass is 19.1. The minimum Gasteiger partial charge on any atom is -0.508 e. The van der Waals surface area contributed by atoms with Crippen molar-refractivity contribution in [2.24, 2.45) is 0 Å². The molecule has 0 aliphatic carbocycles. The largest absolute Gasteiger partial charge is 0.508 e. The molecule has 13 heavy (non-hydrogen) atoms. The maximum absolute atomic E-state index is 12.3. The molecule has 0 bridgehead atoms. The third kappa shape index (κ3) is 2.18. The number of benzene rings is 1. The number of aromatic hydroxyl groups is 1. The predicted octanol–water partition coefficient (Wildman–Crippen LogP) is 1.53. The van der Waals surface area contributed by atoms with Crippen LogP contribution >= 0.6 is 0 Å². The summed E-state index contributed by atoms with van der Waals surface area (Å²) in [4.78, 5) is 10.5. The molecule has 1 atom stereocenters. The molecule has 0 spiro atoms. The van der Waals surface area contributed by atoms with Gasteiger partial charge in [0, 0.05) is 0 Å². The van der Waals surface area contributed by atoms with Crippen LogP contribution in [0, 0.1) is 0 Å². The van der Waals surface area contributed by atoms with Crippen LogP contribution in [0.5, 0.6) is 5.75 Å². The first-order chi connectivity index (χ1) is 6.15. The lowest BCUT2D eigenvalue weighted by Crippen LogP contribution is -2.13. The van der Waals surface area contributed by atoms with Gasteiger partial charge >= 0.3 is 5.97 Å². The van der Waals surface area contributed by atoms with Crippen molar-refractivity contribution in [1.29, 1.82) is 0 Å². The van der Waals surface area contributed by atoms with Crippen molar-refractivity contribution in [1.82, 2.24) is 0 Å². The van der Waals surface area contributed by atoms with E-state index in [0.717, 1.165) is 0 Å². The number of phenolic OH excluding ortho intramolecular Hbond substituents is 1. The first-order valence-electron chi connectivity index (χ1n) is 3.73. The molecule has 0 saturated heterocycles. The number of carbonyl (C=O) groups is 1. The van der Waals surface area contributed by atoms with Crippen molar-refractivity contribution in [2.45, 2.75) is 5.92 Å². The van der Waals surface area contributed by atoms with E-state index in [1.807, 2.05) is 0 Å². The number of halogens is 1. The molecular weight excluding hydrogens is 175 g/mol. The van der Waals surface area contributed by atoms with Gasteiger partial charge in [0.2, 0.25) is 0 Å². The van der Waals surface area contributed by atoms with E-state index in [-0.39, 0.29) is 5.75 Å². The van der Waals surface area contributed by atoms with Gasteiger partial charge in [0.25, 0.3) is 0 Å². The van der Waals surface area contributed by atoms with Crippen LogP contribution in [-0.2, 0) is 4.79 Å². The highest BCUT2D eigenvalue weighted by molar-refractivity contribution is 5.76. The van der Waals surface area contributed by atoms with E-state index < -0.39 is 18.6 Å². The summed E-state index contributed by atoms with van der Waals surface area (Å²) in [5.41, 5.74) is 0.354. The Morgan fingerprint density at radius 1 is 1.38 bits per heavy atom. The van der Waals surface area contributed by atoms with E-state index >= 15 is 0 Å². The van der Waals surface area contributed by atoms with Gasteiger partial charge in [0.05, 0.1) is 0 Å². The summed E-state index contributed by atoms with van der Waals surface area (Å²) < 4.78 is 12.3. The Balaban J connectivity index is 2.92. The maximum atomic E-state index is 12.3. The molecule has 1 aromatic carbocycles. The minimum absolute atomic E-state index is 0.0340. The van der Waals surface area contributed by atoms with Gasteiger partial charge in [0.15, 0.2) is 0 Å². The van der Waals surface area contributed by atoms with Gasteiger partial charge in [0.1, 0.15) is 18.3 Å². The number of carboxylic acids is 1. The van der Waals surface area contributed by atoms with Crippen molar-refractivity contribution in [3.8, 4) is 5.75 Å². The van der Waals surface area contributed by atoms with Gasteiger partial charge in [-0.2, -0.15) is 0 Å². The van der Waals surface area contributed by atoms with Crippen LogP contribution in [0.4, 0.5) is 4.39 Å². The normalized spacial score (nSPS) is 12.4. The summed E-state index contributed by atoms with van der Waals surface area (Å²) in [5, 5.41) is 17.5. The molecule has 0 amide bonds. The van der Waals surface area contributed by atoms with Crippen molar-refractivity contribution in [3.05, 3.63) is 29.8 Å². The van der Waals surface area contributed by atoms with Crippen molar-refractivity contribution in [2.75, 3.05) is 6.67 Å². The summed E-state index contributed by atoms with van der Waals surface area (Å²) in [6.07, 6.45) is 0. The van der Waals surface area contributed by atoms with Crippen LogP contribution in [0.3, 0.4) is 0 Å². The number of alkyl halides is 1. The standard InChI is InChI=1S/C9H9FO3/c10-5-8(9(12)13)6-1-3-7(11)4-2-6/h1-4,8,11H,5H2,(H,12,13). The molecule has 0 aliphatic heterocycles. The van der Waals surface area contributed by atoms with Crippen LogP contribution in [0.2, 0.25) is 0 Å². The van der Waals surface area contributed by atoms with E-state index in [1.165, 1.54) is 24.3 Å². The third-order valence-corrected chi connectivity index (χ3v) is 1.75. The van der Waals surface area contributed by atoms with Gasteiger partial charge in [-0.05, 0) is 17.7 Å². The van der Waals surface area contributed by atoms with Crippen LogP contribution in [0.15, 0.2) is 24.3 Å². The maximum Gasteiger partial charge on any atom is 0.313 e. The molecule has 3 nitrogen and oxygen atoms in total. The monoisotopic (exact) mass is 184 g/mol. The van der Waals surface area contributed by atoms with E-state index in [0.29, 0.717) is 5.56 Å². The van der Waals surface area contributed by atoms with Crippen molar-refractivity contribution < 1.29 is 19.4 Å². The molecule has 70 valence electrons. The molecule has 0 aromatic heterocycles. The number of phenols is 1. The summed E-state index contributed by atoms with van der Waals surface area (Å²) in [6, 6.07) is 5.46. The van der Waals surface area contributed by atoms with E-state index in [1.54, 1.807) is 0 Å². The van der Waals surface area contributed by atoms with Crippen LogP contribution < -0.4 is 0 Å². The lowest BCUT2D eigenvalue weighted by atomic mass is 10.0. The Hall–Kier alpha value is -1.58. The quantitative estimate of drug-likeness (QED) is 0.748. The number of rotatable bonds is 3. The zero-order valence-electron chi connectivity index (χ0n) is 6.77. The fraction of sp³-hybridized carbons (Fsp3) is 0.222. The summed E-state index contributed by atoms with van der Waals surface area (Å²) >= 11 is 0. The smallest absolute Gasteiger partial charge is 0.313 e. The summed E-state index contributed by atoms with van der Waals surface area (Å²) in [5.74, 6) is -2.31. The highest BCUT2D eigenvalue weighted by Crippen LogP contribution is 2.19. The van der Waals surface area contributed by atoms with Crippen molar-refractivity contribution in [3.63, 3.8) is 0 Å². The summed E-state index contributed by atoms with van der Waals surface area (Å²) in [6.45, 7) is -0.944. The Kier molecular flexibility index (Phi) is 2.84. The highest BCUT2D eigenvalue weighted by Gasteiger charge is 2.18. The molecule has 0 heterocycles. The number of carboxylic acid groups (broad SMARTS) is 1. The van der Waals surface area contributed by atoms with Gasteiger partial charge in [-0.15, -0.1) is 0 Å². The molecular formula is C9H9FO3. The fourth-order valence-electron chi connectivity index (χ4n) is 1.00. The zero-order chi connectivity index (χ0) is 9.84. The second kappa shape index (κ2) is 3.89. The molecule has 0 saturated carbocycles. The van der Waals surface area contributed by atoms with Crippen LogP contribution in [-0.4, -0.2) is 22.9 Å². The number of hydrogen-bond acceptors (Lipinski definition) is 2. The van der Waals surface area contributed by atoms with Crippen LogP contribution in [0.25, 0.3) is 0 Å². The zero-order valence-corrected chi connectivity index (χ0v) is 6.77. The predicted molar refractivity (Wildman–Crippen MR) is 44.5 cm³/mol. The Morgan fingerprint density at radius 3 is 2.31 bits per heavy atom. The first kappa shape index (κ1) is 9.51. The lowest BCUT2D eigenvalue weighted by Gasteiger charge is -2.07. The lowest BCUT2D eigenvalue weighted by molar-refractivity contribution is -0.139. The SMILES string of the molecule is O=C(O)C(CF)c1ccc(O)cc1. The minimum atomic E-state index is -1.20. The fourth-order valence-corrected chi connectivity index (χ4v) is 1.00. The molecule has 0 aliphatic rings. The van der Waals surface area contributed by atoms with Crippen LogP contribution in [0.1, 0.15) is 11.5 Å². The van der Waals surface area contributed by atoms with E-state index in [2.05, 4.69) is 0 Å². The van der Waals surface area contributed by atoms with E-state index in [9.17, 15) is 9.18 Å². The third-order valence-electron chi connectivity index (χ3n) is 1.75. The average molecular weight is 184 g/mol. The molecule has 0 radical (unpaired) electrons. The van der Waals surface area contributed by atoms with E-state index in [4.69, 9.17) is 10.2 Å². The molecule has 4 heteroatoms. The van der Waals surface area contributed by atoms with Gasteiger partial charge in [-0.1, -0.05) is 12.1 Å². The second-order valence-corrected chi connectivity index (χ2v) is 2.64. The Labute approximate surface area is 74.4 Å². The second-order valence-electron chi connectivity index (χ2n) is 2.64. The Morgan fingerprint density at radius 2 is 1.92 bits per heavy atom. The van der Waals surface area contributed by atoms with Gasteiger partial charge in [-0.25, -0.2) is 4.39 Å². The van der Waals surface area contributed by atoms with Gasteiger partial charge in [-0.3, -0.25) is 4.79 Å². The molecule has 1 rings (SSSR count). The average Bonchev–Trinajstić information content (AvgIpc) is 2.09. The summed E-state index contributed by atoms with van der Waals surface area (Å²) in [7, 11) is 0. The molecule has 0 fully saturated rings. The topological polar surface area (TPSA) is 57.5 Å². The Bertz CT molecular complexity index is 294. The first-order valence-corrected chi connectivity index (χ1v) is 3.73.